The molecule has 0 radical (unpaired) electrons. The summed E-state index contributed by atoms with van der Waals surface area (Å²) >= 11 is 1.52. The monoisotopic (exact) mass is 349 g/mol. The quantitative estimate of drug-likeness (QED) is 0.455. The minimum atomic E-state index is -0.916. The zero-order valence-corrected chi connectivity index (χ0v) is 13.8. The molecule has 2 rings (SSSR count). The van der Waals surface area contributed by atoms with Crippen LogP contribution in [0.1, 0.15) is 20.7 Å². The number of aromatic nitrogens is 2. The number of H-pyrrole nitrogens is 1. The van der Waals surface area contributed by atoms with Crippen LogP contribution in [0.15, 0.2) is 38.8 Å². The van der Waals surface area contributed by atoms with Crippen molar-refractivity contribution in [1.29, 1.82) is 0 Å². The number of nitrogen functional groups attached to an aromatic ring is 1. The number of aromatic amines is 1. The lowest BCUT2D eigenvalue weighted by atomic mass is 10.2. The minimum absolute atomic E-state index is 0.281. The zero-order valence-electron chi connectivity index (χ0n) is 13.0. The molecule has 2 aromatic rings. The van der Waals surface area contributed by atoms with E-state index in [1.54, 1.807) is 24.3 Å². The Balaban J connectivity index is 2.13. The molecule has 0 saturated heterocycles. The topological polar surface area (TPSA) is 124 Å². The van der Waals surface area contributed by atoms with Crippen molar-refractivity contribution in [3.05, 3.63) is 56.2 Å². The number of nitrogens with two attached hydrogens (primary N) is 1. The first-order chi connectivity index (χ1) is 11.3. The molecule has 0 spiro atoms. The highest BCUT2D eigenvalue weighted by Gasteiger charge is 2.20. The van der Waals surface area contributed by atoms with Crippen molar-refractivity contribution in [3.8, 4) is 0 Å². The number of nitrogens with zero attached hydrogens (tertiary/aromatic N) is 1. The standard InChI is InChI=1S/C15H15N3O5S/c1-18-12(16)11(13(20)17-15(18)22)10(19)7-23-14(21)8-3-5-9(24-2)6-4-8/h3-6H,7,16H2,1-2H3,(H,17,20,22). The predicted octanol–water partition coefficient (Wildman–Crippen LogP) is 0.417. The van der Waals surface area contributed by atoms with Gasteiger partial charge in [0.1, 0.15) is 11.4 Å². The van der Waals surface area contributed by atoms with Gasteiger partial charge in [-0.05, 0) is 30.5 Å². The first-order valence-electron chi connectivity index (χ1n) is 6.78. The summed E-state index contributed by atoms with van der Waals surface area (Å²) in [6.45, 7) is -0.658. The highest BCUT2D eigenvalue weighted by molar-refractivity contribution is 7.98. The molecule has 0 atom stereocenters. The third-order valence-corrected chi connectivity index (χ3v) is 4.05. The third kappa shape index (κ3) is 3.57. The maximum Gasteiger partial charge on any atom is 0.338 e. The molecule has 24 heavy (non-hydrogen) atoms. The lowest BCUT2D eigenvalue weighted by Gasteiger charge is -2.08. The number of hydrogen-bond acceptors (Lipinski definition) is 7. The van der Waals surface area contributed by atoms with Crippen LogP contribution >= 0.6 is 11.8 Å². The largest absolute Gasteiger partial charge is 0.454 e. The highest BCUT2D eigenvalue weighted by Crippen LogP contribution is 2.15. The number of anilines is 1. The number of hydrogen-bond donors (Lipinski definition) is 2. The number of rotatable bonds is 5. The molecule has 0 aliphatic rings. The number of carbonyl (C=O) groups excluding carboxylic acids is 2. The van der Waals surface area contributed by atoms with Gasteiger partial charge in [-0.2, -0.15) is 0 Å². The van der Waals surface area contributed by atoms with Crippen LogP contribution in [0.25, 0.3) is 0 Å². The fourth-order valence-corrected chi connectivity index (χ4v) is 2.33. The molecular weight excluding hydrogens is 334 g/mol. The van der Waals surface area contributed by atoms with Gasteiger partial charge in [0.2, 0.25) is 5.78 Å². The lowest BCUT2D eigenvalue weighted by Crippen LogP contribution is -2.35. The number of nitrogens with one attached hydrogen (secondary N) is 1. The van der Waals surface area contributed by atoms with E-state index in [9.17, 15) is 19.2 Å². The number of carbonyl (C=O) groups is 2. The Morgan fingerprint density at radius 3 is 2.46 bits per heavy atom. The molecule has 0 aliphatic carbocycles. The van der Waals surface area contributed by atoms with Crippen molar-refractivity contribution >= 4 is 29.3 Å². The van der Waals surface area contributed by atoms with E-state index in [4.69, 9.17) is 10.5 Å². The Bertz CT molecular complexity index is 899. The van der Waals surface area contributed by atoms with E-state index in [-0.39, 0.29) is 11.4 Å². The van der Waals surface area contributed by atoms with Crippen molar-refractivity contribution in [3.63, 3.8) is 0 Å². The van der Waals surface area contributed by atoms with E-state index < -0.39 is 35.2 Å². The summed E-state index contributed by atoms with van der Waals surface area (Å²) in [5.41, 5.74) is 3.83. The second-order valence-electron chi connectivity index (χ2n) is 4.81. The smallest absolute Gasteiger partial charge is 0.338 e. The number of thioether (sulfide) groups is 1. The molecule has 9 heteroatoms. The fraction of sp³-hybridized carbons (Fsp3) is 0.200. The zero-order chi connectivity index (χ0) is 17.9. The van der Waals surface area contributed by atoms with E-state index in [1.165, 1.54) is 18.8 Å². The number of Topliss-reactive ketones (excluding diaryl/α,β-unsaturated/α-hetero) is 1. The van der Waals surface area contributed by atoms with Crippen LogP contribution in [0, 0.1) is 0 Å². The Morgan fingerprint density at radius 1 is 1.25 bits per heavy atom. The second kappa shape index (κ2) is 7.18. The minimum Gasteiger partial charge on any atom is -0.454 e. The number of benzene rings is 1. The van der Waals surface area contributed by atoms with Gasteiger partial charge < -0.3 is 10.5 Å². The lowest BCUT2D eigenvalue weighted by molar-refractivity contribution is 0.0474. The van der Waals surface area contributed by atoms with Gasteiger partial charge in [-0.1, -0.05) is 0 Å². The maximum atomic E-state index is 12.1. The van der Waals surface area contributed by atoms with Crippen LogP contribution < -0.4 is 17.0 Å². The Hall–Kier alpha value is -2.81. The molecule has 0 fully saturated rings. The molecule has 1 heterocycles. The van der Waals surface area contributed by atoms with Crippen LogP contribution in [0.4, 0.5) is 5.82 Å². The molecule has 1 aromatic carbocycles. The van der Waals surface area contributed by atoms with E-state index >= 15 is 0 Å². The molecule has 0 unspecified atom stereocenters. The molecule has 3 N–H and O–H groups in total. The van der Waals surface area contributed by atoms with Gasteiger partial charge in [0, 0.05) is 11.9 Å². The van der Waals surface area contributed by atoms with Crippen molar-refractivity contribution in [2.75, 3.05) is 18.6 Å². The number of esters is 1. The first-order valence-corrected chi connectivity index (χ1v) is 8.00. The highest BCUT2D eigenvalue weighted by atomic mass is 32.2. The van der Waals surface area contributed by atoms with Crippen LogP contribution in [0.2, 0.25) is 0 Å². The van der Waals surface area contributed by atoms with Crippen molar-refractivity contribution in [1.82, 2.24) is 9.55 Å². The summed E-state index contributed by atoms with van der Waals surface area (Å²) < 4.78 is 5.84. The van der Waals surface area contributed by atoms with Gasteiger partial charge in [0.05, 0.1) is 5.56 Å². The Morgan fingerprint density at radius 2 is 1.88 bits per heavy atom. The second-order valence-corrected chi connectivity index (χ2v) is 5.69. The third-order valence-electron chi connectivity index (χ3n) is 3.31. The van der Waals surface area contributed by atoms with Crippen LogP contribution in [-0.2, 0) is 11.8 Å². The van der Waals surface area contributed by atoms with Crippen LogP contribution in [0.5, 0.6) is 0 Å². The predicted molar refractivity (Wildman–Crippen MR) is 89.6 cm³/mol. The summed E-state index contributed by atoms with van der Waals surface area (Å²) in [5.74, 6) is -1.77. The van der Waals surface area contributed by atoms with E-state index in [0.717, 1.165) is 9.46 Å². The normalized spacial score (nSPS) is 10.4. The summed E-state index contributed by atoms with van der Waals surface area (Å²) in [6.07, 6.45) is 1.90. The first kappa shape index (κ1) is 17.5. The number of ketones is 1. The maximum absolute atomic E-state index is 12.1. The Labute approximate surface area is 140 Å². The molecular formula is C15H15N3O5S. The van der Waals surface area contributed by atoms with Crippen LogP contribution in [-0.4, -0.2) is 34.2 Å². The molecule has 126 valence electrons. The van der Waals surface area contributed by atoms with Gasteiger partial charge in [0.15, 0.2) is 6.61 Å². The van der Waals surface area contributed by atoms with E-state index in [1.807, 2.05) is 11.2 Å². The van der Waals surface area contributed by atoms with Crippen molar-refractivity contribution in [2.24, 2.45) is 7.05 Å². The average molecular weight is 349 g/mol. The van der Waals surface area contributed by atoms with E-state index in [2.05, 4.69) is 0 Å². The SMILES string of the molecule is CSc1ccc(C(=O)OCC(=O)c2c(N)n(C)c(=O)[nH]c2=O)cc1. The molecule has 0 aliphatic heterocycles. The van der Waals surface area contributed by atoms with Crippen molar-refractivity contribution < 1.29 is 14.3 Å². The van der Waals surface area contributed by atoms with Crippen molar-refractivity contribution in [2.45, 2.75) is 4.90 Å². The van der Waals surface area contributed by atoms with Gasteiger partial charge in [0.25, 0.3) is 5.56 Å². The van der Waals surface area contributed by atoms with Gasteiger partial charge in [-0.25, -0.2) is 9.59 Å². The summed E-state index contributed by atoms with van der Waals surface area (Å²) in [4.78, 5) is 50.1. The average Bonchev–Trinajstić information content (AvgIpc) is 2.57. The van der Waals surface area contributed by atoms with Gasteiger partial charge >= 0.3 is 11.7 Å². The van der Waals surface area contributed by atoms with E-state index in [0.29, 0.717) is 0 Å². The fourth-order valence-electron chi connectivity index (χ4n) is 1.92. The molecule has 0 bridgehead atoms. The molecule has 8 nitrogen and oxygen atoms in total. The number of ether oxygens (including phenoxy) is 1. The molecule has 0 saturated carbocycles. The summed E-state index contributed by atoms with van der Waals surface area (Å²) in [6, 6.07) is 6.65. The van der Waals surface area contributed by atoms with Gasteiger partial charge in [-0.3, -0.25) is 19.1 Å². The Kier molecular flexibility index (Phi) is 5.24. The summed E-state index contributed by atoms with van der Waals surface area (Å²) in [7, 11) is 1.31. The molecule has 1 aromatic heterocycles. The van der Waals surface area contributed by atoms with Gasteiger partial charge in [-0.15, -0.1) is 11.8 Å². The summed E-state index contributed by atoms with van der Waals surface area (Å²) in [5, 5.41) is 0. The van der Waals surface area contributed by atoms with Crippen LogP contribution in [0.3, 0.4) is 0 Å². The molecule has 0 amide bonds.